The van der Waals surface area contributed by atoms with Gasteiger partial charge in [-0.15, -0.1) is 0 Å². The summed E-state index contributed by atoms with van der Waals surface area (Å²) in [4.78, 5) is 14.3. The number of hydrogen-bond donors (Lipinski definition) is 0. The topological polar surface area (TPSA) is 47.4 Å². The largest absolute Gasteiger partial charge is 0.376 e. The van der Waals surface area contributed by atoms with Crippen molar-refractivity contribution < 1.29 is 9.53 Å². The highest BCUT2D eigenvalue weighted by Gasteiger charge is 2.22. The third-order valence-electron chi connectivity index (χ3n) is 3.72. The highest BCUT2D eigenvalue weighted by Crippen LogP contribution is 2.15. The van der Waals surface area contributed by atoms with Crippen LogP contribution in [0.3, 0.4) is 0 Å². The summed E-state index contributed by atoms with van der Waals surface area (Å²) in [5.41, 5.74) is 0.524. The molecule has 5 nitrogen and oxygen atoms in total. The second-order valence-electron chi connectivity index (χ2n) is 5.61. The van der Waals surface area contributed by atoms with E-state index in [1.54, 1.807) is 6.07 Å². The fourth-order valence-corrected chi connectivity index (χ4v) is 2.45. The number of carbonyl (C=O) groups is 1. The molecule has 2 heterocycles. The molecule has 1 aromatic rings. The SMILES string of the molecule is CCN(CC1CCCCO1)C(=O)c1ccn(C(C)C)n1. The van der Waals surface area contributed by atoms with Gasteiger partial charge in [-0.1, -0.05) is 0 Å². The van der Waals surface area contributed by atoms with Crippen LogP contribution in [0.4, 0.5) is 0 Å². The normalized spacial score (nSPS) is 19.3. The Morgan fingerprint density at radius 3 is 2.90 bits per heavy atom. The van der Waals surface area contributed by atoms with Crippen LogP contribution in [0.2, 0.25) is 0 Å². The van der Waals surface area contributed by atoms with Crippen LogP contribution in [-0.4, -0.2) is 46.4 Å². The standard InChI is InChI=1S/C15H25N3O2/c1-4-17(11-13-7-5-6-10-20-13)15(19)14-8-9-18(16-14)12(2)3/h8-9,12-13H,4-7,10-11H2,1-3H3. The third-order valence-corrected chi connectivity index (χ3v) is 3.72. The summed E-state index contributed by atoms with van der Waals surface area (Å²) in [6, 6.07) is 2.07. The van der Waals surface area contributed by atoms with Crippen LogP contribution >= 0.6 is 0 Å². The van der Waals surface area contributed by atoms with Crippen molar-refractivity contribution in [2.24, 2.45) is 0 Å². The molecule has 0 saturated carbocycles. The molecule has 1 amide bonds. The molecule has 1 atom stereocenters. The van der Waals surface area contributed by atoms with Crippen molar-refractivity contribution in [3.05, 3.63) is 18.0 Å². The average Bonchev–Trinajstić information content (AvgIpc) is 2.95. The zero-order valence-corrected chi connectivity index (χ0v) is 12.7. The molecule has 0 radical (unpaired) electrons. The van der Waals surface area contributed by atoms with Gasteiger partial charge in [-0.05, 0) is 46.1 Å². The van der Waals surface area contributed by atoms with Crippen molar-refractivity contribution in [3.8, 4) is 0 Å². The number of amides is 1. The van der Waals surface area contributed by atoms with Crippen LogP contribution < -0.4 is 0 Å². The first-order valence-corrected chi connectivity index (χ1v) is 7.57. The lowest BCUT2D eigenvalue weighted by molar-refractivity contribution is -0.00324. The lowest BCUT2D eigenvalue weighted by atomic mass is 10.1. The van der Waals surface area contributed by atoms with Crippen LogP contribution in [0.5, 0.6) is 0 Å². The summed E-state index contributed by atoms with van der Waals surface area (Å²) in [7, 11) is 0. The maximum absolute atomic E-state index is 12.5. The first-order valence-electron chi connectivity index (χ1n) is 7.57. The highest BCUT2D eigenvalue weighted by molar-refractivity contribution is 5.92. The number of ether oxygens (including phenoxy) is 1. The van der Waals surface area contributed by atoms with Gasteiger partial charge in [0.05, 0.1) is 6.10 Å². The predicted molar refractivity (Wildman–Crippen MR) is 77.8 cm³/mol. The van der Waals surface area contributed by atoms with Gasteiger partial charge in [0.1, 0.15) is 5.69 Å². The smallest absolute Gasteiger partial charge is 0.274 e. The minimum atomic E-state index is 0.000994. The summed E-state index contributed by atoms with van der Waals surface area (Å²) in [5.74, 6) is 0.000994. The fourth-order valence-electron chi connectivity index (χ4n) is 2.45. The summed E-state index contributed by atoms with van der Waals surface area (Å²) >= 11 is 0. The molecule has 5 heteroatoms. The van der Waals surface area contributed by atoms with Crippen molar-refractivity contribution >= 4 is 5.91 Å². The van der Waals surface area contributed by atoms with Gasteiger partial charge in [-0.25, -0.2) is 0 Å². The molecule has 0 spiro atoms. The molecular formula is C15H25N3O2. The molecule has 1 aliphatic heterocycles. The minimum absolute atomic E-state index is 0.000994. The van der Waals surface area contributed by atoms with E-state index in [-0.39, 0.29) is 18.1 Å². The van der Waals surface area contributed by atoms with E-state index in [2.05, 4.69) is 18.9 Å². The molecule has 0 aliphatic carbocycles. The third kappa shape index (κ3) is 3.60. The molecule has 1 unspecified atom stereocenters. The molecule has 1 aromatic heterocycles. The molecule has 0 aromatic carbocycles. The number of nitrogens with zero attached hydrogens (tertiary/aromatic N) is 3. The van der Waals surface area contributed by atoms with E-state index in [9.17, 15) is 4.79 Å². The molecule has 20 heavy (non-hydrogen) atoms. The molecule has 0 N–H and O–H groups in total. The van der Waals surface area contributed by atoms with Gasteiger partial charge in [0, 0.05) is 31.9 Å². The minimum Gasteiger partial charge on any atom is -0.376 e. The Morgan fingerprint density at radius 1 is 1.55 bits per heavy atom. The second-order valence-corrected chi connectivity index (χ2v) is 5.61. The Balaban J connectivity index is 1.99. The number of likely N-dealkylation sites (N-methyl/N-ethyl adjacent to an activating group) is 1. The molecular weight excluding hydrogens is 254 g/mol. The predicted octanol–water partition coefficient (Wildman–Crippen LogP) is 2.50. The number of rotatable bonds is 5. The van der Waals surface area contributed by atoms with Crippen LogP contribution in [0.25, 0.3) is 0 Å². The van der Waals surface area contributed by atoms with Crippen molar-refractivity contribution in [3.63, 3.8) is 0 Å². The summed E-state index contributed by atoms with van der Waals surface area (Å²) in [5, 5.41) is 4.36. The zero-order valence-electron chi connectivity index (χ0n) is 12.7. The monoisotopic (exact) mass is 279 g/mol. The maximum Gasteiger partial charge on any atom is 0.274 e. The second kappa shape index (κ2) is 6.88. The molecule has 1 fully saturated rings. The number of carbonyl (C=O) groups excluding carboxylic acids is 1. The summed E-state index contributed by atoms with van der Waals surface area (Å²) in [6.07, 6.45) is 5.42. The fraction of sp³-hybridized carbons (Fsp3) is 0.733. The Labute approximate surface area is 120 Å². The first-order chi connectivity index (χ1) is 9.61. The van der Waals surface area contributed by atoms with Gasteiger partial charge in [0.2, 0.25) is 0 Å². The summed E-state index contributed by atoms with van der Waals surface area (Å²) in [6.45, 7) is 8.28. The first kappa shape index (κ1) is 15.0. The Morgan fingerprint density at radius 2 is 2.35 bits per heavy atom. The van der Waals surface area contributed by atoms with Crippen LogP contribution in [-0.2, 0) is 4.74 Å². The van der Waals surface area contributed by atoms with Crippen molar-refractivity contribution in [2.45, 2.75) is 52.2 Å². The zero-order chi connectivity index (χ0) is 14.5. The Hall–Kier alpha value is -1.36. The van der Waals surface area contributed by atoms with E-state index in [0.717, 1.165) is 19.4 Å². The van der Waals surface area contributed by atoms with E-state index in [1.165, 1.54) is 6.42 Å². The van der Waals surface area contributed by atoms with Gasteiger partial charge in [-0.3, -0.25) is 9.48 Å². The Kier molecular flexibility index (Phi) is 5.17. The van der Waals surface area contributed by atoms with E-state index >= 15 is 0 Å². The van der Waals surface area contributed by atoms with Crippen molar-refractivity contribution in [1.29, 1.82) is 0 Å². The molecule has 1 saturated heterocycles. The molecule has 112 valence electrons. The van der Waals surface area contributed by atoms with E-state index in [1.807, 2.05) is 22.7 Å². The van der Waals surface area contributed by atoms with Crippen molar-refractivity contribution in [2.75, 3.05) is 19.7 Å². The average molecular weight is 279 g/mol. The maximum atomic E-state index is 12.5. The van der Waals surface area contributed by atoms with Gasteiger partial charge in [0.15, 0.2) is 0 Å². The van der Waals surface area contributed by atoms with Gasteiger partial charge in [0.25, 0.3) is 5.91 Å². The Bertz CT molecular complexity index is 436. The molecule has 1 aliphatic rings. The van der Waals surface area contributed by atoms with Crippen LogP contribution in [0, 0.1) is 0 Å². The van der Waals surface area contributed by atoms with Gasteiger partial charge < -0.3 is 9.64 Å². The number of aromatic nitrogens is 2. The summed E-state index contributed by atoms with van der Waals surface area (Å²) < 4.78 is 7.54. The molecule has 0 bridgehead atoms. The van der Waals surface area contributed by atoms with E-state index < -0.39 is 0 Å². The lowest BCUT2D eigenvalue weighted by Gasteiger charge is -2.28. The van der Waals surface area contributed by atoms with Crippen molar-refractivity contribution in [1.82, 2.24) is 14.7 Å². The van der Waals surface area contributed by atoms with E-state index in [0.29, 0.717) is 18.8 Å². The number of hydrogen-bond acceptors (Lipinski definition) is 3. The van der Waals surface area contributed by atoms with Crippen LogP contribution in [0.15, 0.2) is 12.3 Å². The van der Waals surface area contributed by atoms with E-state index in [4.69, 9.17) is 4.74 Å². The molecule has 2 rings (SSSR count). The quantitative estimate of drug-likeness (QED) is 0.832. The highest BCUT2D eigenvalue weighted by atomic mass is 16.5. The van der Waals surface area contributed by atoms with Crippen LogP contribution in [0.1, 0.15) is 56.6 Å². The van der Waals surface area contributed by atoms with Gasteiger partial charge in [-0.2, -0.15) is 5.10 Å². The lowest BCUT2D eigenvalue weighted by Crippen LogP contribution is -2.39. The van der Waals surface area contributed by atoms with Gasteiger partial charge >= 0.3 is 0 Å².